The Morgan fingerprint density at radius 3 is 2.53 bits per heavy atom. The minimum absolute atomic E-state index is 0.0574. The molecule has 30 heavy (non-hydrogen) atoms. The van der Waals surface area contributed by atoms with Gasteiger partial charge in [-0.25, -0.2) is 0 Å². The molecule has 9 heteroatoms. The van der Waals surface area contributed by atoms with E-state index in [9.17, 15) is 4.79 Å². The molecule has 0 aliphatic carbocycles. The fourth-order valence-corrected chi connectivity index (χ4v) is 4.07. The normalized spacial score (nSPS) is 17.6. The van der Waals surface area contributed by atoms with Crippen LogP contribution in [-0.2, 0) is 4.79 Å². The van der Waals surface area contributed by atoms with Gasteiger partial charge in [0.2, 0.25) is 5.91 Å². The van der Waals surface area contributed by atoms with Crippen LogP contribution in [-0.4, -0.2) is 86.9 Å². The first-order chi connectivity index (χ1) is 14.3. The molecule has 0 aromatic heterocycles. The van der Waals surface area contributed by atoms with Crippen molar-refractivity contribution in [3.8, 4) is 5.75 Å². The average molecular weight is 454 g/mol. The van der Waals surface area contributed by atoms with Gasteiger partial charge >= 0.3 is 0 Å². The van der Waals surface area contributed by atoms with Gasteiger partial charge in [0.15, 0.2) is 0 Å². The number of anilines is 1. The van der Waals surface area contributed by atoms with E-state index in [0.29, 0.717) is 30.3 Å². The molecular formula is C21H29Cl2N5O2. The van der Waals surface area contributed by atoms with Crippen molar-refractivity contribution in [1.82, 2.24) is 14.8 Å². The van der Waals surface area contributed by atoms with Gasteiger partial charge in [0.05, 0.1) is 17.8 Å². The molecule has 3 rings (SSSR count). The molecule has 0 N–H and O–H groups in total. The predicted octanol–water partition coefficient (Wildman–Crippen LogP) is 3.09. The van der Waals surface area contributed by atoms with Crippen molar-refractivity contribution in [2.24, 2.45) is 5.10 Å². The Labute approximate surface area is 188 Å². The summed E-state index contributed by atoms with van der Waals surface area (Å²) in [7, 11) is 5.59. The Morgan fingerprint density at radius 1 is 1.20 bits per heavy atom. The molecular weight excluding hydrogens is 425 g/mol. The second-order valence-corrected chi connectivity index (χ2v) is 8.68. The lowest BCUT2D eigenvalue weighted by Gasteiger charge is -2.37. The summed E-state index contributed by atoms with van der Waals surface area (Å²) in [5.74, 6) is 0.713. The lowest BCUT2D eigenvalue weighted by molar-refractivity contribution is -0.132. The minimum Gasteiger partial charge on any atom is -0.495 e. The number of hydrazone groups is 1. The Morgan fingerprint density at radius 2 is 1.90 bits per heavy atom. The van der Waals surface area contributed by atoms with Gasteiger partial charge in [0.1, 0.15) is 12.3 Å². The number of methoxy groups -OCH3 is 1. The summed E-state index contributed by atoms with van der Waals surface area (Å²) in [4.78, 5) is 19.1. The van der Waals surface area contributed by atoms with E-state index in [1.165, 1.54) is 0 Å². The predicted molar refractivity (Wildman–Crippen MR) is 123 cm³/mol. The van der Waals surface area contributed by atoms with Crippen molar-refractivity contribution >= 4 is 40.5 Å². The number of carbonyl (C=O) groups is 1. The highest BCUT2D eigenvalue weighted by molar-refractivity contribution is 6.32. The van der Waals surface area contributed by atoms with Gasteiger partial charge in [-0.05, 0) is 33.2 Å². The first kappa shape index (κ1) is 22.7. The van der Waals surface area contributed by atoms with Crippen LogP contribution in [0.15, 0.2) is 34.0 Å². The quantitative estimate of drug-likeness (QED) is 0.662. The summed E-state index contributed by atoms with van der Waals surface area (Å²) < 4.78 is 5.31. The third-order valence-corrected chi connectivity index (χ3v) is 6.04. The number of nitrogens with zero attached hydrogens (tertiary/aromatic N) is 5. The summed E-state index contributed by atoms with van der Waals surface area (Å²) in [6.07, 6.45) is 0.638. The van der Waals surface area contributed by atoms with Crippen LogP contribution in [0.25, 0.3) is 0 Å². The van der Waals surface area contributed by atoms with Crippen LogP contribution < -0.4 is 9.64 Å². The summed E-state index contributed by atoms with van der Waals surface area (Å²) in [5.41, 5.74) is 2.85. The molecule has 2 aliphatic heterocycles. The van der Waals surface area contributed by atoms with Crippen LogP contribution in [0.1, 0.15) is 13.3 Å². The van der Waals surface area contributed by atoms with Gasteiger partial charge < -0.3 is 19.4 Å². The van der Waals surface area contributed by atoms with Crippen molar-refractivity contribution in [3.05, 3.63) is 34.0 Å². The monoisotopic (exact) mass is 453 g/mol. The van der Waals surface area contributed by atoms with Crippen molar-refractivity contribution in [2.45, 2.75) is 13.3 Å². The number of halogens is 2. The van der Waals surface area contributed by atoms with Gasteiger partial charge in [0.25, 0.3) is 0 Å². The van der Waals surface area contributed by atoms with Crippen LogP contribution in [0.2, 0.25) is 5.02 Å². The maximum atomic E-state index is 12.9. The van der Waals surface area contributed by atoms with E-state index in [2.05, 4.69) is 14.9 Å². The second-order valence-electron chi connectivity index (χ2n) is 7.82. The number of rotatable bonds is 6. The van der Waals surface area contributed by atoms with Gasteiger partial charge in [-0.1, -0.05) is 23.2 Å². The van der Waals surface area contributed by atoms with E-state index in [1.54, 1.807) is 12.1 Å². The van der Waals surface area contributed by atoms with Gasteiger partial charge in [-0.3, -0.25) is 9.80 Å². The molecule has 164 valence electrons. The summed E-state index contributed by atoms with van der Waals surface area (Å²) in [5, 5.41) is 7.74. The topological polar surface area (TPSA) is 51.6 Å². The van der Waals surface area contributed by atoms with Crippen LogP contribution >= 0.6 is 23.2 Å². The zero-order valence-electron chi connectivity index (χ0n) is 18.0. The molecule has 7 nitrogen and oxygen atoms in total. The molecule has 2 heterocycles. The highest BCUT2D eigenvalue weighted by Gasteiger charge is 2.26. The zero-order chi connectivity index (χ0) is 21.8. The number of hydrogen-bond acceptors (Lipinski definition) is 6. The van der Waals surface area contributed by atoms with Crippen molar-refractivity contribution in [3.63, 3.8) is 0 Å². The lowest BCUT2D eigenvalue weighted by atomic mass is 10.2. The summed E-state index contributed by atoms with van der Waals surface area (Å²) in [6.45, 7) is 5.65. The number of benzene rings is 1. The highest BCUT2D eigenvalue weighted by Crippen LogP contribution is 2.30. The number of carbonyl (C=O) groups excluding carboxylic acids is 1. The van der Waals surface area contributed by atoms with Crippen molar-refractivity contribution in [1.29, 1.82) is 0 Å². The molecule has 1 aromatic carbocycles. The van der Waals surface area contributed by atoms with Crippen LogP contribution in [0, 0.1) is 0 Å². The molecule has 1 fully saturated rings. The fourth-order valence-electron chi connectivity index (χ4n) is 3.62. The minimum atomic E-state index is 0.0574. The van der Waals surface area contributed by atoms with Crippen LogP contribution in [0.3, 0.4) is 0 Å². The molecule has 1 amide bonds. The van der Waals surface area contributed by atoms with E-state index in [4.69, 9.17) is 27.9 Å². The van der Waals surface area contributed by atoms with Crippen LogP contribution in [0.5, 0.6) is 5.75 Å². The van der Waals surface area contributed by atoms with Crippen LogP contribution in [0.4, 0.5) is 5.69 Å². The number of ether oxygens (including phenoxy) is 1. The summed E-state index contributed by atoms with van der Waals surface area (Å²) >= 11 is 12.5. The smallest absolute Gasteiger partial charge is 0.244 e. The van der Waals surface area contributed by atoms with Gasteiger partial charge in [0, 0.05) is 61.6 Å². The maximum absolute atomic E-state index is 12.9. The lowest BCUT2D eigenvalue weighted by Crippen LogP contribution is -2.51. The molecule has 2 aliphatic rings. The Hall–Kier alpha value is -1.96. The highest BCUT2D eigenvalue weighted by atomic mass is 35.5. The van der Waals surface area contributed by atoms with E-state index in [0.717, 1.165) is 41.8 Å². The third-order valence-electron chi connectivity index (χ3n) is 5.32. The second kappa shape index (κ2) is 9.90. The SMILES string of the molecule is COc1cc(N2CCN(C(=O)CN3N=C(CN(C)C)CC(Cl)=C3C)CC2)ccc1Cl. The summed E-state index contributed by atoms with van der Waals surface area (Å²) in [6, 6.07) is 5.75. The number of amides is 1. The molecule has 1 aromatic rings. The molecule has 0 saturated carbocycles. The molecule has 0 unspecified atom stereocenters. The standard InChI is InChI=1S/C21H29Cl2N5O2/c1-15-19(23)11-16(13-25(2)3)24-28(15)14-21(29)27-9-7-26(8-10-27)17-5-6-18(22)20(12-17)30-4/h5-6,12H,7-11,13-14H2,1-4H3. The average Bonchev–Trinajstić information content (AvgIpc) is 2.71. The Kier molecular flexibility index (Phi) is 7.50. The maximum Gasteiger partial charge on any atom is 0.244 e. The third kappa shape index (κ3) is 5.39. The molecule has 1 saturated heterocycles. The first-order valence-electron chi connectivity index (χ1n) is 9.98. The number of hydrogen-bond donors (Lipinski definition) is 0. The van der Waals surface area contributed by atoms with E-state index < -0.39 is 0 Å². The molecule has 0 bridgehead atoms. The first-order valence-corrected chi connectivity index (χ1v) is 10.7. The van der Waals surface area contributed by atoms with E-state index in [-0.39, 0.29) is 12.5 Å². The number of allylic oxidation sites excluding steroid dienone is 2. The largest absolute Gasteiger partial charge is 0.495 e. The van der Waals surface area contributed by atoms with Crippen molar-refractivity contribution < 1.29 is 9.53 Å². The Bertz CT molecular complexity index is 848. The molecule has 0 radical (unpaired) electrons. The Balaban J connectivity index is 1.60. The number of piperazine rings is 1. The molecule has 0 spiro atoms. The molecule has 0 atom stereocenters. The van der Waals surface area contributed by atoms with Crippen molar-refractivity contribution in [2.75, 3.05) is 65.4 Å². The van der Waals surface area contributed by atoms with E-state index in [1.807, 2.05) is 44.1 Å². The van der Waals surface area contributed by atoms with Gasteiger partial charge in [-0.15, -0.1) is 0 Å². The zero-order valence-corrected chi connectivity index (χ0v) is 19.5. The van der Waals surface area contributed by atoms with Gasteiger partial charge in [-0.2, -0.15) is 5.10 Å². The van der Waals surface area contributed by atoms with E-state index >= 15 is 0 Å². The fraction of sp³-hybridized carbons (Fsp3) is 0.524.